The molecule has 8 nitrogen and oxygen atoms in total. The lowest BCUT2D eigenvalue weighted by Crippen LogP contribution is -2.55. The van der Waals surface area contributed by atoms with Crippen molar-refractivity contribution in [1.29, 1.82) is 0 Å². The highest BCUT2D eigenvalue weighted by Crippen LogP contribution is 2.42. The summed E-state index contributed by atoms with van der Waals surface area (Å²) in [6.45, 7) is 1.88. The van der Waals surface area contributed by atoms with E-state index in [4.69, 9.17) is 4.18 Å². The minimum Gasteiger partial charge on any atom is -0.306 e. The summed E-state index contributed by atoms with van der Waals surface area (Å²) in [5.74, 6) is 0. The highest BCUT2D eigenvalue weighted by molar-refractivity contribution is 7.84. The summed E-state index contributed by atoms with van der Waals surface area (Å²) < 4.78 is 71.0. The lowest BCUT2D eigenvalue weighted by molar-refractivity contribution is -0.137. The quantitative estimate of drug-likeness (QED) is 0.630. The van der Waals surface area contributed by atoms with Gasteiger partial charge < -0.3 is 10.7 Å². The summed E-state index contributed by atoms with van der Waals surface area (Å²) in [6.07, 6.45) is -2.21. The monoisotopic (exact) mass is 449 g/mol. The van der Waals surface area contributed by atoms with Crippen molar-refractivity contribution in [3.05, 3.63) is 47.3 Å². The van der Waals surface area contributed by atoms with Crippen LogP contribution in [0.15, 0.2) is 36.2 Å². The van der Waals surface area contributed by atoms with Gasteiger partial charge in [0.25, 0.3) is 0 Å². The normalized spacial score (nSPS) is 27.9. The maximum absolute atomic E-state index is 13.0. The minimum atomic E-state index is -4.49. The lowest BCUT2D eigenvalue weighted by Gasteiger charge is -2.44. The molecule has 168 valence electrons. The van der Waals surface area contributed by atoms with Crippen LogP contribution in [0.1, 0.15) is 30.9 Å². The molecule has 0 radical (unpaired) electrons. The molecule has 0 unspecified atom stereocenters. The van der Waals surface area contributed by atoms with E-state index in [2.05, 4.69) is 16.3 Å². The van der Waals surface area contributed by atoms with Gasteiger partial charge in [-0.3, -0.25) is 5.01 Å². The van der Waals surface area contributed by atoms with Crippen molar-refractivity contribution in [1.82, 2.24) is 25.6 Å². The molecule has 1 aromatic rings. The van der Waals surface area contributed by atoms with E-state index >= 15 is 0 Å². The number of hydrazine groups is 2. The first-order valence-electron chi connectivity index (χ1n) is 9.35. The zero-order valence-corrected chi connectivity index (χ0v) is 17.9. The number of rotatable bonds is 5. The van der Waals surface area contributed by atoms with Gasteiger partial charge in [-0.1, -0.05) is 12.1 Å². The predicted octanol–water partition coefficient (Wildman–Crippen LogP) is 1.66. The first-order chi connectivity index (χ1) is 13.8. The number of alkyl halides is 3. The van der Waals surface area contributed by atoms with Crippen molar-refractivity contribution in [2.45, 2.75) is 43.6 Å². The molecular formula is C18H26F3N5O3S. The Hall–Kier alpha value is -1.86. The van der Waals surface area contributed by atoms with E-state index in [1.54, 1.807) is 12.1 Å². The molecule has 3 rings (SSSR count). The van der Waals surface area contributed by atoms with Crippen LogP contribution in [0, 0.1) is 0 Å². The van der Waals surface area contributed by atoms with Gasteiger partial charge in [-0.2, -0.15) is 25.9 Å². The summed E-state index contributed by atoms with van der Waals surface area (Å²) in [7, 11) is 0.377. The van der Waals surface area contributed by atoms with Gasteiger partial charge in [0.2, 0.25) is 0 Å². The highest BCUT2D eigenvalue weighted by Gasteiger charge is 2.47. The molecule has 2 aliphatic rings. The van der Waals surface area contributed by atoms with Crippen LogP contribution >= 0.6 is 0 Å². The lowest BCUT2D eigenvalue weighted by atomic mass is 9.78. The summed E-state index contributed by atoms with van der Waals surface area (Å²) in [5.41, 5.74) is 4.91. The Balaban J connectivity index is 2.04. The summed E-state index contributed by atoms with van der Waals surface area (Å²) in [6, 6.07) is 4.01. The zero-order valence-electron chi connectivity index (χ0n) is 17.1. The first kappa shape index (κ1) is 22.8. The van der Waals surface area contributed by atoms with Gasteiger partial charge in [-0.15, -0.1) is 5.53 Å². The second-order valence-corrected chi connectivity index (χ2v) is 9.61. The summed E-state index contributed by atoms with van der Waals surface area (Å²) >= 11 is 0. The van der Waals surface area contributed by atoms with Gasteiger partial charge >= 0.3 is 16.5 Å². The Kier molecular flexibility index (Phi) is 6.09. The molecule has 12 heteroatoms. The second-order valence-electron chi connectivity index (χ2n) is 7.85. The summed E-state index contributed by atoms with van der Waals surface area (Å²) in [5, 5.41) is 5.09. The molecule has 3 atom stereocenters. The van der Waals surface area contributed by atoms with Gasteiger partial charge in [0, 0.05) is 39.8 Å². The van der Waals surface area contributed by atoms with Gasteiger partial charge in [0.15, 0.2) is 0 Å². The first-order valence-corrected chi connectivity index (χ1v) is 10.7. The number of benzene rings is 1. The van der Waals surface area contributed by atoms with Crippen molar-refractivity contribution in [2.24, 2.45) is 0 Å². The van der Waals surface area contributed by atoms with Crippen LogP contribution in [0.3, 0.4) is 0 Å². The van der Waals surface area contributed by atoms with Crippen LogP contribution in [-0.4, -0.2) is 51.0 Å². The number of nitrogens with one attached hydrogen (secondary N) is 3. The van der Waals surface area contributed by atoms with E-state index in [0.29, 0.717) is 5.56 Å². The predicted molar refractivity (Wildman–Crippen MR) is 105 cm³/mol. The topological polar surface area (TPSA) is 85.9 Å². The van der Waals surface area contributed by atoms with E-state index in [1.165, 1.54) is 26.2 Å². The molecule has 1 saturated heterocycles. The third kappa shape index (κ3) is 4.72. The second kappa shape index (κ2) is 8.00. The smallest absolute Gasteiger partial charge is 0.306 e. The third-order valence-corrected chi connectivity index (χ3v) is 6.61. The molecule has 30 heavy (non-hydrogen) atoms. The fourth-order valence-corrected chi connectivity index (χ4v) is 4.55. The van der Waals surface area contributed by atoms with Crippen LogP contribution in [-0.2, 0) is 26.3 Å². The third-order valence-electron chi connectivity index (χ3n) is 5.19. The van der Waals surface area contributed by atoms with Crippen molar-refractivity contribution >= 4 is 10.3 Å². The molecule has 1 aromatic carbocycles. The Morgan fingerprint density at radius 2 is 1.83 bits per heavy atom. The average Bonchev–Trinajstić information content (AvgIpc) is 3.06. The van der Waals surface area contributed by atoms with Crippen LogP contribution in [0.4, 0.5) is 13.2 Å². The molecular weight excluding hydrogens is 423 g/mol. The van der Waals surface area contributed by atoms with Gasteiger partial charge in [0.05, 0.1) is 17.3 Å². The van der Waals surface area contributed by atoms with Gasteiger partial charge in [-0.25, -0.2) is 4.18 Å². The number of piperidine rings is 1. The van der Waals surface area contributed by atoms with Gasteiger partial charge in [-0.05, 0) is 31.0 Å². The number of hydrogen-bond acceptors (Lipinski definition) is 7. The van der Waals surface area contributed by atoms with E-state index in [0.717, 1.165) is 22.1 Å². The van der Waals surface area contributed by atoms with E-state index in [-0.39, 0.29) is 24.9 Å². The van der Waals surface area contributed by atoms with Crippen LogP contribution in [0.25, 0.3) is 0 Å². The van der Waals surface area contributed by atoms with Crippen molar-refractivity contribution in [2.75, 3.05) is 21.1 Å². The molecule has 0 aromatic heterocycles. The minimum absolute atomic E-state index is 0.169. The molecule has 2 aliphatic heterocycles. The van der Waals surface area contributed by atoms with Crippen LogP contribution in [0.5, 0.6) is 0 Å². The van der Waals surface area contributed by atoms with Gasteiger partial charge in [0.1, 0.15) is 5.60 Å². The van der Waals surface area contributed by atoms with Crippen LogP contribution in [0.2, 0.25) is 0 Å². The van der Waals surface area contributed by atoms with E-state index in [9.17, 15) is 21.6 Å². The molecule has 3 N–H and O–H groups in total. The van der Waals surface area contributed by atoms with Crippen molar-refractivity contribution in [3.8, 4) is 0 Å². The number of hydrogen-bond donors (Lipinski definition) is 3. The maximum atomic E-state index is 13.0. The molecule has 1 fully saturated rings. The van der Waals surface area contributed by atoms with Crippen molar-refractivity contribution in [3.63, 3.8) is 0 Å². The fourth-order valence-electron chi connectivity index (χ4n) is 3.76. The maximum Gasteiger partial charge on any atom is 0.416 e. The molecule has 0 spiro atoms. The molecule has 0 aliphatic carbocycles. The molecule has 0 saturated carbocycles. The molecule has 2 heterocycles. The molecule has 0 amide bonds. The number of nitrogens with zero attached hydrogens (tertiary/aromatic N) is 2. The standard InChI is InChI=1S/C18H26F3N5O3S/c1-12-9-17(29-30(27,28)25(2)3,10-15(22-12)16-11-26(4)24-23-16)13-5-7-14(8-6-13)18(19,20)21/h5-8,11-12,15,22-24H,9-10H2,1-4H3/t12-,15-,17-/m0/s1. The summed E-state index contributed by atoms with van der Waals surface area (Å²) in [4.78, 5) is 0. The zero-order chi connectivity index (χ0) is 22.3. The largest absolute Gasteiger partial charge is 0.416 e. The Morgan fingerprint density at radius 1 is 1.20 bits per heavy atom. The SMILES string of the molecule is C[C@H]1C[C@@](OS(=O)(=O)N(C)C)(c2ccc(C(F)(F)F)cc2)C[C@@H](C2=CN(C)NN2)N1. The van der Waals surface area contributed by atoms with Crippen LogP contribution < -0.4 is 16.3 Å². The Bertz CT molecular complexity index is 905. The van der Waals surface area contributed by atoms with Crippen molar-refractivity contribution < 1.29 is 25.8 Å². The molecule has 0 bridgehead atoms. The fraction of sp³-hybridized carbons (Fsp3) is 0.556. The number of halogens is 3. The van der Waals surface area contributed by atoms with E-state index in [1.807, 2.05) is 13.1 Å². The Morgan fingerprint density at radius 3 is 2.33 bits per heavy atom. The average molecular weight is 449 g/mol. The Labute approximate surface area is 174 Å². The van der Waals surface area contributed by atoms with E-state index < -0.39 is 27.6 Å². The highest BCUT2D eigenvalue weighted by atomic mass is 32.2.